The summed E-state index contributed by atoms with van der Waals surface area (Å²) in [6, 6.07) is 12.0. The molecule has 0 fully saturated rings. The standard InChI is InChI=1S/C23H17FN6O2/c1-13-10-15(5-6-17(13)24)20-21(30-19(29-20)4-3-8-27-30)16-7-9-25-18(11-16)28-23(31)22-14(2)26-12-32-22/h3-12H,1-2H3,(H,25,28,31). The minimum absolute atomic E-state index is 0.121. The molecule has 0 aliphatic heterocycles. The van der Waals surface area contributed by atoms with E-state index in [9.17, 15) is 9.18 Å². The zero-order valence-corrected chi connectivity index (χ0v) is 17.2. The smallest absolute Gasteiger partial charge is 0.294 e. The summed E-state index contributed by atoms with van der Waals surface area (Å²) < 4.78 is 20.7. The third-order valence-corrected chi connectivity index (χ3v) is 5.05. The highest BCUT2D eigenvalue weighted by atomic mass is 19.1. The van der Waals surface area contributed by atoms with Gasteiger partial charge in [0.25, 0.3) is 5.91 Å². The van der Waals surface area contributed by atoms with Crippen molar-refractivity contribution in [3.05, 3.63) is 84.1 Å². The van der Waals surface area contributed by atoms with Gasteiger partial charge in [0.15, 0.2) is 12.0 Å². The number of amides is 1. The summed E-state index contributed by atoms with van der Waals surface area (Å²) in [6.45, 7) is 3.39. The maximum atomic E-state index is 13.9. The molecule has 4 heterocycles. The molecule has 0 bridgehead atoms. The van der Waals surface area contributed by atoms with Crippen molar-refractivity contribution >= 4 is 17.4 Å². The second-order valence-electron chi connectivity index (χ2n) is 7.22. The van der Waals surface area contributed by atoms with Crippen LogP contribution in [-0.4, -0.2) is 30.5 Å². The van der Waals surface area contributed by atoms with Gasteiger partial charge < -0.3 is 9.73 Å². The first-order valence-corrected chi connectivity index (χ1v) is 9.79. The Morgan fingerprint density at radius 3 is 2.72 bits per heavy atom. The molecule has 0 aliphatic carbocycles. The van der Waals surface area contributed by atoms with Gasteiger partial charge in [-0.25, -0.2) is 23.9 Å². The summed E-state index contributed by atoms with van der Waals surface area (Å²) >= 11 is 0. The topological polar surface area (TPSA) is 98.2 Å². The summed E-state index contributed by atoms with van der Waals surface area (Å²) in [5.41, 5.74) is 4.46. The molecule has 0 unspecified atom stereocenters. The summed E-state index contributed by atoms with van der Waals surface area (Å²) in [5.74, 6) is -0.282. The highest BCUT2D eigenvalue weighted by molar-refractivity contribution is 6.02. The molecule has 4 aromatic heterocycles. The minimum atomic E-state index is -0.449. The second kappa shape index (κ2) is 7.69. The Labute approximate surface area is 181 Å². The molecule has 1 N–H and O–H groups in total. The summed E-state index contributed by atoms with van der Waals surface area (Å²) in [6.07, 6.45) is 4.46. The first kappa shape index (κ1) is 19.6. The Morgan fingerprint density at radius 1 is 1.06 bits per heavy atom. The van der Waals surface area contributed by atoms with Crippen LogP contribution in [0.3, 0.4) is 0 Å². The molecular formula is C23H17FN6O2. The van der Waals surface area contributed by atoms with Crippen molar-refractivity contribution in [1.29, 1.82) is 0 Å². The van der Waals surface area contributed by atoms with Crippen molar-refractivity contribution < 1.29 is 13.6 Å². The fourth-order valence-corrected chi connectivity index (χ4v) is 3.48. The van der Waals surface area contributed by atoms with E-state index < -0.39 is 5.91 Å². The van der Waals surface area contributed by atoms with E-state index in [0.717, 1.165) is 11.1 Å². The van der Waals surface area contributed by atoms with Gasteiger partial charge in [-0.15, -0.1) is 0 Å². The van der Waals surface area contributed by atoms with Gasteiger partial charge in [0.2, 0.25) is 5.76 Å². The molecule has 5 aromatic rings. The lowest BCUT2D eigenvalue weighted by Crippen LogP contribution is -2.13. The highest BCUT2D eigenvalue weighted by Crippen LogP contribution is 2.33. The second-order valence-corrected chi connectivity index (χ2v) is 7.22. The number of aromatic nitrogens is 5. The van der Waals surface area contributed by atoms with Gasteiger partial charge in [-0.2, -0.15) is 5.10 Å². The number of pyridine rings is 1. The number of imidazole rings is 1. The number of fused-ring (bicyclic) bond motifs is 1. The van der Waals surface area contributed by atoms with Gasteiger partial charge in [-0.05, 0) is 61.9 Å². The Bertz CT molecular complexity index is 1470. The van der Waals surface area contributed by atoms with Crippen LogP contribution in [0.1, 0.15) is 21.8 Å². The van der Waals surface area contributed by atoms with E-state index in [1.807, 2.05) is 6.07 Å². The third-order valence-electron chi connectivity index (χ3n) is 5.05. The molecule has 0 radical (unpaired) electrons. The maximum absolute atomic E-state index is 13.9. The van der Waals surface area contributed by atoms with Crippen molar-refractivity contribution in [3.8, 4) is 22.5 Å². The van der Waals surface area contributed by atoms with Crippen LogP contribution in [0.5, 0.6) is 0 Å². The number of halogens is 1. The zero-order valence-electron chi connectivity index (χ0n) is 17.2. The van der Waals surface area contributed by atoms with Crippen molar-refractivity contribution in [3.63, 3.8) is 0 Å². The lowest BCUT2D eigenvalue weighted by molar-refractivity contribution is 0.0995. The number of hydrogen-bond acceptors (Lipinski definition) is 6. The first-order valence-electron chi connectivity index (χ1n) is 9.79. The number of anilines is 1. The molecule has 0 aliphatic rings. The normalized spacial score (nSPS) is 11.1. The van der Waals surface area contributed by atoms with Gasteiger partial charge in [0.05, 0.1) is 11.4 Å². The molecule has 0 atom stereocenters. The van der Waals surface area contributed by atoms with Crippen LogP contribution in [0.15, 0.2) is 65.7 Å². The molecule has 5 rings (SSSR count). The molecule has 158 valence electrons. The quantitative estimate of drug-likeness (QED) is 0.454. The summed E-state index contributed by atoms with van der Waals surface area (Å²) in [7, 11) is 0. The fraction of sp³-hybridized carbons (Fsp3) is 0.0870. The monoisotopic (exact) mass is 428 g/mol. The average molecular weight is 428 g/mol. The molecule has 0 saturated heterocycles. The van der Waals surface area contributed by atoms with E-state index in [0.29, 0.717) is 34.1 Å². The van der Waals surface area contributed by atoms with Crippen LogP contribution < -0.4 is 5.32 Å². The average Bonchev–Trinajstić information content (AvgIpc) is 3.39. The molecular weight excluding hydrogens is 411 g/mol. The predicted molar refractivity (Wildman–Crippen MR) is 116 cm³/mol. The molecule has 0 spiro atoms. The van der Waals surface area contributed by atoms with Gasteiger partial charge in [0.1, 0.15) is 17.3 Å². The number of carbonyl (C=O) groups excluding carboxylic acids is 1. The van der Waals surface area contributed by atoms with Crippen LogP contribution in [-0.2, 0) is 0 Å². The number of nitrogens with one attached hydrogen (secondary N) is 1. The Morgan fingerprint density at radius 2 is 1.94 bits per heavy atom. The number of benzene rings is 1. The van der Waals surface area contributed by atoms with Crippen LogP contribution >= 0.6 is 0 Å². The van der Waals surface area contributed by atoms with Crippen LogP contribution in [0.4, 0.5) is 10.2 Å². The van der Waals surface area contributed by atoms with E-state index in [2.05, 4.69) is 20.4 Å². The SMILES string of the molecule is Cc1cc(-c2nc3cccnn3c2-c2ccnc(NC(=O)c3ocnc3C)c2)ccc1F. The molecule has 32 heavy (non-hydrogen) atoms. The summed E-state index contributed by atoms with van der Waals surface area (Å²) in [5, 5.41) is 7.16. The van der Waals surface area contributed by atoms with Crippen molar-refractivity contribution in [2.75, 3.05) is 5.32 Å². The Balaban J connectivity index is 1.62. The van der Waals surface area contributed by atoms with Crippen molar-refractivity contribution in [1.82, 2.24) is 24.6 Å². The number of nitrogens with zero attached hydrogens (tertiary/aromatic N) is 5. The molecule has 1 amide bonds. The number of rotatable bonds is 4. The van der Waals surface area contributed by atoms with Crippen molar-refractivity contribution in [2.45, 2.75) is 13.8 Å². The van der Waals surface area contributed by atoms with Crippen LogP contribution in [0.2, 0.25) is 0 Å². The lowest BCUT2D eigenvalue weighted by atomic mass is 10.0. The zero-order chi connectivity index (χ0) is 22.2. The Kier molecular flexibility index (Phi) is 4.70. The fourth-order valence-electron chi connectivity index (χ4n) is 3.48. The molecule has 0 saturated carbocycles. The van der Waals surface area contributed by atoms with E-state index in [1.54, 1.807) is 61.1 Å². The molecule has 8 nitrogen and oxygen atoms in total. The summed E-state index contributed by atoms with van der Waals surface area (Å²) in [4.78, 5) is 25.4. The van der Waals surface area contributed by atoms with Crippen LogP contribution in [0, 0.1) is 19.7 Å². The molecule has 9 heteroatoms. The van der Waals surface area contributed by atoms with E-state index in [4.69, 9.17) is 9.40 Å². The van der Waals surface area contributed by atoms with Gasteiger partial charge in [0, 0.05) is 23.5 Å². The highest BCUT2D eigenvalue weighted by Gasteiger charge is 2.19. The third kappa shape index (κ3) is 3.39. The predicted octanol–water partition coefficient (Wildman–Crippen LogP) is 4.45. The number of hydrogen-bond donors (Lipinski definition) is 1. The van der Waals surface area contributed by atoms with Gasteiger partial charge >= 0.3 is 0 Å². The van der Waals surface area contributed by atoms with E-state index in [-0.39, 0.29) is 11.6 Å². The number of aryl methyl sites for hydroxylation is 2. The molecule has 1 aromatic carbocycles. The number of oxazole rings is 1. The first-order chi connectivity index (χ1) is 15.5. The maximum Gasteiger partial charge on any atom is 0.294 e. The van der Waals surface area contributed by atoms with Gasteiger partial charge in [-0.1, -0.05) is 0 Å². The van der Waals surface area contributed by atoms with Crippen molar-refractivity contribution in [2.24, 2.45) is 0 Å². The minimum Gasteiger partial charge on any atom is -0.438 e. The number of carbonyl (C=O) groups is 1. The van der Waals surface area contributed by atoms with E-state index in [1.165, 1.54) is 12.5 Å². The largest absolute Gasteiger partial charge is 0.438 e. The Hall–Kier alpha value is -4.40. The lowest BCUT2D eigenvalue weighted by Gasteiger charge is -2.08. The van der Waals surface area contributed by atoms with Crippen LogP contribution in [0.25, 0.3) is 28.2 Å². The van der Waals surface area contributed by atoms with E-state index >= 15 is 0 Å². The van der Waals surface area contributed by atoms with Gasteiger partial charge in [-0.3, -0.25) is 4.79 Å².